The van der Waals surface area contributed by atoms with E-state index in [1.54, 1.807) is 30.6 Å². The Labute approximate surface area is 211 Å². The number of thiazole rings is 1. The van der Waals surface area contributed by atoms with Crippen LogP contribution in [-0.2, 0) is 11.2 Å². The molecule has 14 heteroatoms. The highest BCUT2D eigenvalue weighted by atomic mass is 32.1. The lowest BCUT2D eigenvalue weighted by atomic mass is 10.1. The van der Waals surface area contributed by atoms with Crippen LogP contribution in [0.3, 0.4) is 0 Å². The summed E-state index contributed by atoms with van der Waals surface area (Å²) < 4.78 is 42.3. The molecule has 0 spiro atoms. The van der Waals surface area contributed by atoms with E-state index in [1.165, 1.54) is 34.4 Å². The summed E-state index contributed by atoms with van der Waals surface area (Å²) in [4.78, 5) is 25.2. The van der Waals surface area contributed by atoms with Gasteiger partial charge in [0.25, 0.3) is 0 Å². The van der Waals surface area contributed by atoms with Gasteiger partial charge in [-0.25, -0.2) is 4.98 Å². The first kappa shape index (κ1) is 24.2. The molecule has 0 unspecified atom stereocenters. The van der Waals surface area contributed by atoms with Crippen molar-refractivity contribution in [3.63, 3.8) is 0 Å². The summed E-state index contributed by atoms with van der Waals surface area (Å²) in [5, 5.41) is 13.5. The van der Waals surface area contributed by atoms with Crippen molar-refractivity contribution in [2.24, 2.45) is 0 Å². The number of hydrogen-bond acceptors (Lipinski definition) is 10. The van der Waals surface area contributed by atoms with Gasteiger partial charge in [0.1, 0.15) is 5.75 Å². The number of fused-ring (bicyclic) bond motifs is 1. The maximum absolute atomic E-state index is 12.7. The van der Waals surface area contributed by atoms with E-state index in [1.807, 2.05) is 12.1 Å². The third kappa shape index (κ3) is 5.65. The van der Waals surface area contributed by atoms with Crippen molar-refractivity contribution in [1.29, 1.82) is 0 Å². The highest BCUT2D eigenvalue weighted by Crippen LogP contribution is 2.31. The largest absolute Gasteiger partial charge is 0.573 e. The van der Waals surface area contributed by atoms with Crippen molar-refractivity contribution in [2.45, 2.75) is 25.2 Å². The van der Waals surface area contributed by atoms with Crippen LogP contribution >= 0.6 is 22.7 Å². The van der Waals surface area contributed by atoms with Gasteiger partial charge in [-0.3, -0.25) is 9.69 Å². The van der Waals surface area contributed by atoms with E-state index in [4.69, 9.17) is 0 Å². The van der Waals surface area contributed by atoms with E-state index in [0.29, 0.717) is 15.8 Å². The van der Waals surface area contributed by atoms with Crippen LogP contribution in [0.1, 0.15) is 12.0 Å². The number of aromatic nitrogens is 4. The molecule has 4 heterocycles. The predicted octanol–water partition coefficient (Wildman–Crippen LogP) is 4.34. The number of alkyl halides is 3. The highest BCUT2D eigenvalue weighted by Gasteiger charge is 2.31. The van der Waals surface area contributed by atoms with Crippen molar-refractivity contribution in [3.8, 4) is 5.75 Å². The van der Waals surface area contributed by atoms with Crippen LogP contribution in [0.5, 0.6) is 5.75 Å². The number of rotatable bonds is 7. The quantitative estimate of drug-likeness (QED) is 0.374. The smallest absolute Gasteiger partial charge is 0.406 e. The maximum Gasteiger partial charge on any atom is 0.573 e. The lowest BCUT2D eigenvalue weighted by Gasteiger charge is -2.15. The number of carbonyl (C=O) groups excluding carboxylic acids is 1. The first-order chi connectivity index (χ1) is 17.2. The van der Waals surface area contributed by atoms with Gasteiger partial charge in [-0.2, -0.15) is 4.98 Å². The van der Waals surface area contributed by atoms with Gasteiger partial charge in [-0.15, -0.1) is 23.4 Å². The van der Waals surface area contributed by atoms with Crippen molar-refractivity contribution in [1.82, 2.24) is 20.2 Å². The Kier molecular flexibility index (Phi) is 6.62. The van der Waals surface area contributed by atoms with Crippen LogP contribution in [0.4, 0.5) is 28.6 Å². The number of nitrogens with zero attached hydrogens (tertiary/aromatic N) is 6. The summed E-state index contributed by atoms with van der Waals surface area (Å²) in [6, 6.07) is 9.39. The van der Waals surface area contributed by atoms with Crippen LogP contribution in [0.15, 0.2) is 42.6 Å². The topological polar surface area (TPSA) is 96.4 Å². The standard InChI is InChI=1S/C22H20F3N7O2S2/c1-31(17(33)11-13-4-2-5-15(10-13)34-22(23,24)25)21-30-29-19(36-21)27-14-7-9-32(12-14)20-28-18-16(35-20)6-3-8-26-18/h2-6,8,10,14H,7,9,11-12H2,1H3,(H,27,29)/t14-/m1/s1. The molecule has 1 atom stereocenters. The molecule has 1 aliphatic rings. The van der Waals surface area contributed by atoms with Crippen LogP contribution in [-0.4, -0.2) is 58.6 Å². The van der Waals surface area contributed by atoms with Crippen molar-refractivity contribution >= 4 is 54.3 Å². The number of amides is 1. The van der Waals surface area contributed by atoms with Crippen LogP contribution in [0.2, 0.25) is 0 Å². The summed E-state index contributed by atoms with van der Waals surface area (Å²) in [5.74, 6) is -0.705. The van der Waals surface area contributed by atoms with Crippen molar-refractivity contribution < 1.29 is 22.7 Å². The fourth-order valence-electron chi connectivity index (χ4n) is 3.78. The van der Waals surface area contributed by atoms with Crippen molar-refractivity contribution in [2.75, 3.05) is 35.3 Å². The molecule has 1 aromatic carbocycles. The molecule has 1 saturated heterocycles. The second-order valence-corrected chi connectivity index (χ2v) is 10.1. The average molecular weight is 536 g/mol. The van der Waals surface area contributed by atoms with E-state index in [0.717, 1.165) is 35.0 Å². The van der Waals surface area contributed by atoms with Gasteiger partial charge >= 0.3 is 6.36 Å². The third-order valence-corrected chi connectivity index (χ3v) is 7.50. The number of hydrogen-bond donors (Lipinski definition) is 1. The number of benzene rings is 1. The van der Waals surface area contributed by atoms with E-state index in [-0.39, 0.29) is 24.1 Å². The second kappa shape index (κ2) is 9.85. The minimum absolute atomic E-state index is 0.109. The molecule has 188 valence electrons. The summed E-state index contributed by atoms with van der Waals surface area (Å²) in [5.41, 5.74) is 1.14. The highest BCUT2D eigenvalue weighted by molar-refractivity contribution is 7.22. The summed E-state index contributed by atoms with van der Waals surface area (Å²) in [7, 11) is 1.56. The molecule has 9 nitrogen and oxygen atoms in total. The van der Waals surface area contributed by atoms with Gasteiger partial charge in [0.2, 0.25) is 16.2 Å². The van der Waals surface area contributed by atoms with Gasteiger partial charge in [-0.1, -0.05) is 34.8 Å². The molecular weight excluding hydrogens is 515 g/mol. The van der Waals surface area contributed by atoms with Gasteiger partial charge in [-0.05, 0) is 36.2 Å². The van der Waals surface area contributed by atoms with Gasteiger partial charge in [0.05, 0.1) is 11.1 Å². The molecule has 1 amide bonds. The van der Waals surface area contributed by atoms with Crippen LogP contribution < -0.4 is 19.9 Å². The molecule has 0 bridgehead atoms. The predicted molar refractivity (Wildman–Crippen MR) is 132 cm³/mol. The first-order valence-electron chi connectivity index (χ1n) is 10.9. The van der Waals surface area contributed by atoms with E-state index in [2.05, 4.69) is 35.1 Å². The minimum atomic E-state index is -4.79. The minimum Gasteiger partial charge on any atom is -0.406 e. The number of nitrogens with one attached hydrogen (secondary N) is 1. The Bertz CT molecular complexity index is 1340. The Morgan fingerprint density at radius 3 is 2.92 bits per heavy atom. The van der Waals surface area contributed by atoms with Gasteiger partial charge in [0, 0.05) is 32.4 Å². The zero-order chi connectivity index (χ0) is 25.3. The normalized spacial score (nSPS) is 15.9. The first-order valence-corrected chi connectivity index (χ1v) is 12.5. The zero-order valence-corrected chi connectivity index (χ0v) is 20.5. The monoisotopic (exact) mass is 535 g/mol. The lowest BCUT2D eigenvalue weighted by Crippen LogP contribution is -2.27. The fraction of sp³-hybridized carbons (Fsp3) is 0.318. The number of pyridine rings is 1. The number of likely N-dealkylation sites (N-methyl/N-ethyl adjacent to an activating group) is 1. The number of carbonyl (C=O) groups is 1. The summed E-state index contributed by atoms with van der Waals surface area (Å²) in [6.07, 6.45) is -2.28. The van der Waals surface area contributed by atoms with Crippen LogP contribution in [0.25, 0.3) is 10.3 Å². The number of halogens is 3. The SMILES string of the molecule is CN(C(=O)Cc1cccc(OC(F)(F)F)c1)c1nnc(N[C@@H]2CCN(c3nc4ncccc4s3)C2)s1. The number of anilines is 3. The Balaban J connectivity index is 1.17. The molecular formula is C22H20F3N7O2S2. The van der Waals surface area contributed by atoms with Gasteiger partial charge < -0.3 is 15.0 Å². The Morgan fingerprint density at radius 1 is 1.25 bits per heavy atom. The summed E-state index contributed by atoms with van der Waals surface area (Å²) >= 11 is 2.84. The molecule has 0 aliphatic carbocycles. The van der Waals surface area contributed by atoms with Gasteiger partial charge in [0.15, 0.2) is 10.8 Å². The lowest BCUT2D eigenvalue weighted by molar-refractivity contribution is -0.274. The van der Waals surface area contributed by atoms with Crippen molar-refractivity contribution in [3.05, 3.63) is 48.2 Å². The Morgan fingerprint density at radius 2 is 2.11 bits per heavy atom. The molecule has 0 saturated carbocycles. The van der Waals surface area contributed by atoms with E-state index in [9.17, 15) is 18.0 Å². The average Bonchev–Trinajstić information content (AvgIpc) is 3.57. The zero-order valence-electron chi connectivity index (χ0n) is 18.9. The third-order valence-electron chi connectivity index (χ3n) is 5.50. The molecule has 36 heavy (non-hydrogen) atoms. The number of ether oxygens (including phenoxy) is 1. The van der Waals surface area contributed by atoms with E-state index < -0.39 is 6.36 Å². The molecule has 1 aliphatic heterocycles. The molecule has 0 radical (unpaired) electrons. The molecule has 4 aromatic rings. The molecule has 5 rings (SSSR count). The fourth-order valence-corrected chi connectivity index (χ4v) is 5.54. The van der Waals surface area contributed by atoms with E-state index >= 15 is 0 Å². The van der Waals surface area contributed by atoms with Crippen LogP contribution in [0, 0.1) is 0 Å². The molecule has 1 fully saturated rings. The maximum atomic E-state index is 12.7. The second-order valence-electron chi connectivity index (χ2n) is 8.11. The Hall–Kier alpha value is -3.52. The molecule has 1 N–H and O–H groups in total. The summed E-state index contributed by atoms with van der Waals surface area (Å²) in [6.45, 7) is 1.60. The molecule has 3 aromatic heterocycles.